The quantitative estimate of drug-likeness (QED) is 0.704. The van der Waals surface area contributed by atoms with Gasteiger partial charge in [0.1, 0.15) is 5.60 Å². The molecule has 2 heterocycles. The van der Waals surface area contributed by atoms with Crippen molar-refractivity contribution < 1.29 is 9.53 Å². The number of hydrogen-bond acceptors (Lipinski definition) is 3. The first-order chi connectivity index (χ1) is 7.90. The topological polar surface area (TPSA) is 41.6 Å². The highest BCUT2D eigenvalue weighted by molar-refractivity contribution is 5.69. The molecule has 0 atom stereocenters. The smallest absolute Gasteiger partial charge is 0.410 e. The Balaban J connectivity index is 1.83. The molecule has 2 aliphatic heterocycles. The minimum atomic E-state index is -0.384. The summed E-state index contributed by atoms with van der Waals surface area (Å²) in [7, 11) is 0. The van der Waals surface area contributed by atoms with Crippen molar-refractivity contribution in [3.8, 4) is 0 Å². The first-order valence-corrected chi connectivity index (χ1v) is 6.59. The van der Waals surface area contributed by atoms with Gasteiger partial charge in [-0.15, -0.1) is 0 Å². The summed E-state index contributed by atoms with van der Waals surface area (Å²) >= 11 is 0. The molecule has 1 N–H and O–H groups in total. The van der Waals surface area contributed by atoms with Crippen LogP contribution in [0.1, 0.15) is 40.0 Å². The summed E-state index contributed by atoms with van der Waals surface area (Å²) in [5.74, 6) is 0. The molecule has 0 aromatic rings. The zero-order valence-electron chi connectivity index (χ0n) is 11.2. The highest BCUT2D eigenvalue weighted by Crippen LogP contribution is 2.39. The summed E-state index contributed by atoms with van der Waals surface area (Å²) in [5, 5.41) is 3.42. The third kappa shape index (κ3) is 3.12. The highest BCUT2D eigenvalue weighted by atomic mass is 16.6. The predicted octanol–water partition coefficient (Wildman–Crippen LogP) is 2.00. The largest absolute Gasteiger partial charge is 0.444 e. The third-order valence-electron chi connectivity index (χ3n) is 3.60. The van der Waals surface area contributed by atoms with Gasteiger partial charge < -0.3 is 15.0 Å². The maximum atomic E-state index is 11.8. The molecule has 2 fully saturated rings. The van der Waals surface area contributed by atoms with Crippen LogP contribution in [0.3, 0.4) is 0 Å². The molecule has 0 aromatic carbocycles. The molecule has 0 unspecified atom stereocenters. The average molecular weight is 240 g/mol. The Morgan fingerprint density at radius 2 is 1.94 bits per heavy atom. The molecule has 0 aliphatic carbocycles. The molecule has 0 bridgehead atoms. The number of amides is 1. The van der Waals surface area contributed by atoms with Crippen LogP contribution < -0.4 is 5.32 Å². The lowest BCUT2D eigenvalue weighted by atomic mass is 9.74. The van der Waals surface area contributed by atoms with Gasteiger partial charge in [-0.2, -0.15) is 0 Å². The van der Waals surface area contributed by atoms with Crippen molar-refractivity contribution in [1.82, 2.24) is 10.2 Å². The van der Waals surface area contributed by atoms with Gasteiger partial charge in [-0.1, -0.05) is 0 Å². The summed E-state index contributed by atoms with van der Waals surface area (Å²) in [6.45, 7) is 9.70. The number of carbonyl (C=O) groups excluding carboxylic acids is 1. The fourth-order valence-electron chi connectivity index (χ4n) is 2.73. The van der Waals surface area contributed by atoms with Crippen LogP contribution in [0.25, 0.3) is 0 Å². The molecule has 1 amide bonds. The Labute approximate surface area is 104 Å². The van der Waals surface area contributed by atoms with E-state index >= 15 is 0 Å². The van der Waals surface area contributed by atoms with Crippen LogP contribution in [0.5, 0.6) is 0 Å². The van der Waals surface area contributed by atoms with Gasteiger partial charge in [0.25, 0.3) is 0 Å². The zero-order chi connectivity index (χ0) is 12.5. The van der Waals surface area contributed by atoms with E-state index in [-0.39, 0.29) is 11.7 Å². The molecule has 4 heteroatoms. The van der Waals surface area contributed by atoms with Gasteiger partial charge >= 0.3 is 6.09 Å². The molecule has 1 spiro atoms. The second-order valence-electron chi connectivity index (χ2n) is 6.44. The normalized spacial score (nSPS) is 24.1. The molecule has 0 aromatic heterocycles. The van der Waals surface area contributed by atoms with E-state index in [9.17, 15) is 4.79 Å². The van der Waals surface area contributed by atoms with E-state index in [1.54, 1.807) is 0 Å². The van der Waals surface area contributed by atoms with Crippen LogP contribution >= 0.6 is 0 Å². The number of likely N-dealkylation sites (tertiary alicyclic amines) is 1. The average Bonchev–Trinajstić information content (AvgIpc) is 2.36. The van der Waals surface area contributed by atoms with E-state index in [2.05, 4.69) is 5.32 Å². The van der Waals surface area contributed by atoms with Gasteiger partial charge in [0.05, 0.1) is 0 Å². The Morgan fingerprint density at radius 3 is 2.59 bits per heavy atom. The lowest BCUT2D eigenvalue weighted by molar-refractivity contribution is -0.0389. The van der Waals surface area contributed by atoms with Crippen molar-refractivity contribution in [3.05, 3.63) is 0 Å². The standard InChI is InChI=1S/C13H24N2O2/c1-12(2,3)17-11(16)15-9-13(10-15)5-4-7-14-8-6-13/h14H,4-10H2,1-3H3. The van der Waals surface area contributed by atoms with Crippen LogP contribution in [-0.4, -0.2) is 42.8 Å². The molecule has 2 aliphatic rings. The van der Waals surface area contributed by atoms with Crippen LogP contribution in [0, 0.1) is 5.41 Å². The number of ether oxygens (including phenoxy) is 1. The van der Waals surface area contributed by atoms with Crippen LogP contribution in [0.2, 0.25) is 0 Å². The summed E-state index contributed by atoms with van der Waals surface area (Å²) in [6.07, 6.45) is 3.49. The minimum Gasteiger partial charge on any atom is -0.444 e. The van der Waals surface area contributed by atoms with Crippen molar-refractivity contribution in [1.29, 1.82) is 0 Å². The van der Waals surface area contributed by atoms with Crippen molar-refractivity contribution in [2.45, 2.75) is 45.6 Å². The SMILES string of the molecule is CC(C)(C)OC(=O)N1CC2(CCCNCC2)C1. The molecule has 2 rings (SSSR count). The molecule has 0 saturated carbocycles. The van der Waals surface area contributed by atoms with E-state index in [1.807, 2.05) is 25.7 Å². The van der Waals surface area contributed by atoms with E-state index in [0.29, 0.717) is 5.41 Å². The second kappa shape index (κ2) is 4.48. The number of carbonyl (C=O) groups is 1. The molecule has 17 heavy (non-hydrogen) atoms. The maximum Gasteiger partial charge on any atom is 0.410 e. The highest BCUT2D eigenvalue weighted by Gasteiger charge is 2.45. The zero-order valence-corrected chi connectivity index (χ0v) is 11.2. The van der Waals surface area contributed by atoms with Gasteiger partial charge in [0, 0.05) is 18.5 Å². The fraction of sp³-hybridized carbons (Fsp3) is 0.923. The lowest BCUT2D eigenvalue weighted by Gasteiger charge is -2.49. The first kappa shape index (κ1) is 12.7. The number of hydrogen-bond donors (Lipinski definition) is 1. The molecular weight excluding hydrogens is 216 g/mol. The number of nitrogens with zero attached hydrogens (tertiary/aromatic N) is 1. The van der Waals surface area contributed by atoms with Gasteiger partial charge in [-0.25, -0.2) is 4.79 Å². The van der Waals surface area contributed by atoms with Crippen LogP contribution in [0.15, 0.2) is 0 Å². The summed E-state index contributed by atoms with van der Waals surface area (Å²) < 4.78 is 5.38. The van der Waals surface area contributed by atoms with E-state index < -0.39 is 0 Å². The summed E-state index contributed by atoms with van der Waals surface area (Å²) in [4.78, 5) is 13.7. The van der Waals surface area contributed by atoms with Crippen molar-refractivity contribution in [3.63, 3.8) is 0 Å². The van der Waals surface area contributed by atoms with Gasteiger partial charge in [-0.05, 0) is 53.1 Å². The van der Waals surface area contributed by atoms with E-state index in [1.165, 1.54) is 19.3 Å². The fourth-order valence-corrected chi connectivity index (χ4v) is 2.73. The van der Waals surface area contributed by atoms with Gasteiger partial charge in [-0.3, -0.25) is 0 Å². The second-order valence-corrected chi connectivity index (χ2v) is 6.44. The Kier molecular flexibility index (Phi) is 3.34. The Morgan fingerprint density at radius 1 is 1.24 bits per heavy atom. The van der Waals surface area contributed by atoms with E-state index in [0.717, 1.165) is 26.2 Å². The van der Waals surface area contributed by atoms with Crippen LogP contribution in [0.4, 0.5) is 4.79 Å². The van der Waals surface area contributed by atoms with Gasteiger partial charge in [0.2, 0.25) is 0 Å². The number of nitrogens with one attached hydrogen (secondary N) is 1. The van der Waals surface area contributed by atoms with Gasteiger partial charge in [0.15, 0.2) is 0 Å². The van der Waals surface area contributed by atoms with Crippen molar-refractivity contribution >= 4 is 6.09 Å². The Bertz CT molecular complexity index is 280. The van der Waals surface area contributed by atoms with Crippen LogP contribution in [-0.2, 0) is 4.74 Å². The summed E-state index contributed by atoms with van der Waals surface area (Å²) in [5.41, 5.74) is -0.00868. The third-order valence-corrected chi connectivity index (χ3v) is 3.60. The first-order valence-electron chi connectivity index (χ1n) is 6.59. The monoisotopic (exact) mass is 240 g/mol. The molecular formula is C13H24N2O2. The van der Waals surface area contributed by atoms with Crippen molar-refractivity contribution in [2.24, 2.45) is 5.41 Å². The maximum absolute atomic E-state index is 11.8. The minimum absolute atomic E-state index is 0.152. The molecule has 98 valence electrons. The molecule has 4 nitrogen and oxygen atoms in total. The van der Waals surface area contributed by atoms with Crippen molar-refractivity contribution in [2.75, 3.05) is 26.2 Å². The predicted molar refractivity (Wildman–Crippen MR) is 67.0 cm³/mol. The summed E-state index contributed by atoms with van der Waals surface area (Å²) in [6, 6.07) is 0. The lowest BCUT2D eigenvalue weighted by Crippen LogP contribution is -2.59. The molecule has 2 saturated heterocycles. The van der Waals surface area contributed by atoms with E-state index in [4.69, 9.17) is 4.74 Å². The molecule has 0 radical (unpaired) electrons. The Hall–Kier alpha value is -0.770. The number of rotatable bonds is 0.